The predicted octanol–water partition coefficient (Wildman–Crippen LogP) is 5.64. The molecule has 0 unspecified atom stereocenters. The number of ether oxygens (including phenoxy) is 3. The van der Waals surface area contributed by atoms with Crippen LogP contribution in [-0.2, 0) is 17.6 Å². The van der Waals surface area contributed by atoms with E-state index in [-0.39, 0.29) is 12.8 Å². The number of rotatable bonds is 10. The van der Waals surface area contributed by atoms with Crippen molar-refractivity contribution in [1.82, 2.24) is 4.90 Å². The molecule has 2 aliphatic rings. The van der Waals surface area contributed by atoms with Crippen molar-refractivity contribution in [2.75, 3.05) is 45.4 Å². The van der Waals surface area contributed by atoms with E-state index >= 15 is 0 Å². The quantitative estimate of drug-likeness (QED) is 0.319. The summed E-state index contributed by atoms with van der Waals surface area (Å²) in [6.07, 6.45) is 4.14. The Labute approximate surface area is 238 Å². The molecule has 0 bridgehead atoms. The molecule has 0 radical (unpaired) electrons. The number of aryl methyl sites for hydroxylation is 3. The van der Waals surface area contributed by atoms with Crippen LogP contribution >= 0.6 is 0 Å². The van der Waals surface area contributed by atoms with Gasteiger partial charge in [-0.3, -0.25) is 4.90 Å². The van der Waals surface area contributed by atoms with E-state index in [9.17, 15) is 4.79 Å². The van der Waals surface area contributed by atoms with Crippen LogP contribution in [0.5, 0.6) is 17.2 Å². The van der Waals surface area contributed by atoms with Crippen molar-refractivity contribution in [3.05, 3.63) is 82.4 Å². The van der Waals surface area contributed by atoms with E-state index in [1.165, 1.54) is 33.5 Å². The van der Waals surface area contributed by atoms with Gasteiger partial charge in [0, 0.05) is 31.9 Å². The lowest BCUT2D eigenvalue weighted by Crippen LogP contribution is -2.25. The third-order valence-electron chi connectivity index (χ3n) is 7.81. The first-order chi connectivity index (χ1) is 19.5. The summed E-state index contributed by atoms with van der Waals surface area (Å²) in [6, 6.07) is 19.0. The molecule has 7 nitrogen and oxygen atoms in total. The predicted molar refractivity (Wildman–Crippen MR) is 161 cm³/mol. The average molecular weight is 546 g/mol. The fraction of sp³-hybridized carbons (Fsp3) is 0.424. The molecule has 40 heavy (non-hydrogen) atoms. The van der Waals surface area contributed by atoms with E-state index in [1.807, 2.05) is 19.2 Å². The van der Waals surface area contributed by atoms with Crippen LogP contribution in [0.25, 0.3) is 0 Å². The molecule has 3 N–H and O–H groups in total. The van der Waals surface area contributed by atoms with Gasteiger partial charge in [0.2, 0.25) is 6.79 Å². The molecule has 1 saturated heterocycles. The molecule has 5 rings (SSSR count). The number of hydrogen-bond donors (Lipinski definition) is 2. The van der Waals surface area contributed by atoms with Gasteiger partial charge >= 0.3 is 0 Å². The Morgan fingerprint density at radius 3 is 2.33 bits per heavy atom. The van der Waals surface area contributed by atoms with Gasteiger partial charge in [0.05, 0.1) is 6.54 Å². The molecule has 0 amide bonds. The van der Waals surface area contributed by atoms with Crippen LogP contribution < -0.4 is 25.3 Å². The number of nitrogens with one attached hydrogen (secondary N) is 1. The number of aldehydes is 1. The second kappa shape index (κ2) is 14.2. The smallest absolute Gasteiger partial charge is 0.231 e. The van der Waals surface area contributed by atoms with Crippen molar-refractivity contribution >= 4 is 12.0 Å². The number of fused-ring (bicyclic) bond motifs is 1. The Kier molecular flexibility index (Phi) is 10.4. The Hall–Kier alpha value is -3.55. The molecular weight excluding hydrogens is 502 g/mol. The molecule has 7 heteroatoms. The number of anilines is 1. The number of hydrogen-bond acceptors (Lipinski definition) is 7. The Morgan fingerprint density at radius 1 is 1.05 bits per heavy atom. The normalized spacial score (nSPS) is 17.7. The SMILES string of the molecule is CCc1cccc(CC)c1NC.Cc1cc2c(cc1[C@@H]1C[C@H](c3ccc(OCCN)cc3)N(CC=O)C1)OCO2. The number of carbonyl (C=O) groups is 1. The van der Waals surface area contributed by atoms with Gasteiger partial charge in [0.25, 0.3) is 0 Å². The highest BCUT2D eigenvalue weighted by molar-refractivity contribution is 5.57. The van der Waals surface area contributed by atoms with Gasteiger partial charge in [-0.2, -0.15) is 0 Å². The molecule has 0 aromatic heterocycles. The molecule has 0 aliphatic carbocycles. The van der Waals surface area contributed by atoms with Gasteiger partial charge in [0.15, 0.2) is 11.5 Å². The Morgan fingerprint density at radius 2 is 1.73 bits per heavy atom. The molecule has 3 aromatic rings. The summed E-state index contributed by atoms with van der Waals surface area (Å²) in [5.74, 6) is 2.78. The van der Waals surface area contributed by atoms with Crippen molar-refractivity contribution in [3.8, 4) is 17.2 Å². The number of nitrogens with two attached hydrogens (primary N) is 1. The molecule has 214 valence electrons. The van der Waals surface area contributed by atoms with Crippen LogP contribution in [0.15, 0.2) is 54.6 Å². The second-order valence-electron chi connectivity index (χ2n) is 10.2. The zero-order chi connectivity index (χ0) is 28.5. The third kappa shape index (κ3) is 6.77. The highest BCUT2D eigenvalue weighted by atomic mass is 16.7. The van der Waals surface area contributed by atoms with Gasteiger partial charge in [0.1, 0.15) is 18.6 Å². The Bertz CT molecular complexity index is 1240. The first-order valence-electron chi connectivity index (χ1n) is 14.3. The van der Waals surface area contributed by atoms with Crippen molar-refractivity contribution in [3.63, 3.8) is 0 Å². The second-order valence-corrected chi connectivity index (χ2v) is 10.2. The van der Waals surface area contributed by atoms with Crippen LogP contribution in [0.2, 0.25) is 0 Å². The topological polar surface area (TPSA) is 86.1 Å². The molecule has 1 fully saturated rings. The van der Waals surface area contributed by atoms with Crippen LogP contribution in [-0.4, -0.2) is 51.3 Å². The number of benzene rings is 3. The van der Waals surface area contributed by atoms with E-state index in [2.05, 4.69) is 73.5 Å². The van der Waals surface area contributed by atoms with Crippen LogP contribution in [0, 0.1) is 6.92 Å². The van der Waals surface area contributed by atoms with Crippen molar-refractivity contribution < 1.29 is 19.0 Å². The standard InChI is InChI=1S/C22H26N2O4.C11H17N/c1-15-10-21-22(28-14-27-21)12-19(15)17-11-20(24(13-17)7-8-25)16-2-4-18(5-3-16)26-9-6-23;1-4-9-7-6-8-10(5-2)11(9)12-3/h2-5,8,10,12,17,20H,6-7,9,11,13-14,23H2,1H3;6-8,12H,4-5H2,1-3H3/t17-,20-;/m1./s1. The summed E-state index contributed by atoms with van der Waals surface area (Å²) in [4.78, 5) is 13.5. The van der Waals surface area contributed by atoms with Gasteiger partial charge < -0.3 is 30.1 Å². The summed E-state index contributed by atoms with van der Waals surface area (Å²) in [7, 11) is 1.99. The summed E-state index contributed by atoms with van der Waals surface area (Å²) in [5.41, 5.74) is 13.3. The largest absolute Gasteiger partial charge is 0.492 e. The molecule has 0 saturated carbocycles. The number of nitrogens with zero attached hydrogens (tertiary/aromatic N) is 1. The fourth-order valence-electron chi connectivity index (χ4n) is 5.80. The lowest BCUT2D eigenvalue weighted by atomic mass is 9.90. The number of para-hydroxylation sites is 1. The molecule has 0 spiro atoms. The van der Waals surface area contributed by atoms with Crippen molar-refractivity contribution in [2.45, 2.75) is 52.0 Å². The molecule has 3 aromatic carbocycles. The zero-order valence-electron chi connectivity index (χ0n) is 24.2. The summed E-state index contributed by atoms with van der Waals surface area (Å²) in [5, 5.41) is 3.27. The highest BCUT2D eigenvalue weighted by Gasteiger charge is 2.35. The molecular formula is C33H43N3O4. The Balaban J connectivity index is 0.000000259. The third-order valence-corrected chi connectivity index (χ3v) is 7.81. The summed E-state index contributed by atoms with van der Waals surface area (Å²) < 4.78 is 16.6. The van der Waals surface area contributed by atoms with Gasteiger partial charge in [-0.1, -0.05) is 44.2 Å². The maximum atomic E-state index is 11.3. The minimum atomic E-state index is 0.198. The maximum absolute atomic E-state index is 11.3. The van der Waals surface area contributed by atoms with Crippen molar-refractivity contribution in [2.24, 2.45) is 5.73 Å². The summed E-state index contributed by atoms with van der Waals surface area (Å²) >= 11 is 0. The molecule has 2 atom stereocenters. The van der Waals surface area contributed by atoms with Crippen LogP contribution in [0.3, 0.4) is 0 Å². The monoisotopic (exact) mass is 545 g/mol. The van der Waals surface area contributed by atoms with Crippen LogP contribution in [0.1, 0.15) is 60.0 Å². The van der Waals surface area contributed by atoms with Gasteiger partial charge in [-0.05, 0) is 84.2 Å². The number of carbonyl (C=O) groups excluding carboxylic acids is 1. The zero-order valence-corrected chi connectivity index (χ0v) is 24.2. The minimum Gasteiger partial charge on any atom is -0.492 e. The van der Waals surface area contributed by atoms with E-state index < -0.39 is 0 Å². The lowest BCUT2D eigenvalue weighted by molar-refractivity contribution is -0.109. The highest BCUT2D eigenvalue weighted by Crippen LogP contribution is 2.44. The maximum Gasteiger partial charge on any atom is 0.231 e. The molecule has 2 heterocycles. The minimum absolute atomic E-state index is 0.198. The van der Waals surface area contributed by atoms with Crippen molar-refractivity contribution in [1.29, 1.82) is 0 Å². The van der Waals surface area contributed by atoms with Gasteiger partial charge in [-0.15, -0.1) is 0 Å². The van der Waals surface area contributed by atoms with E-state index in [0.717, 1.165) is 49.3 Å². The molecule has 2 aliphatic heterocycles. The van der Waals surface area contributed by atoms with E-state index in [1.54, 1.807) is 0 Å². The summed E-state index contributed by atoms with van der Waals surface area (Å²) in [6.45, 7) is 9.04. The first-order valence-corrected chi connectivity index (χ1v) is 14.3. The van der Waals surface area contributed by atoms with Crippen LogP contribution in [0.4, 0.5) is 5.69 Å². The fourth-order valence-corrected chi connectivity index (χ4v) is 5.80. The van der Waals surface area contributed by atoms with Gasteiger partial charge in [-0.25, -0.2) is 0 Å². The lowest BCUT2D eigenvalue weighted by Gasteiger charge is -2.22. The average Bonchev–Trinajstić information content (AvgIpc) is 3.62. The van der Waals surface area contributed by atoms with E-state index in [4.69, 9.17) is 19.9 Å². The van der Waals surface area contributed by atoms with E-state index in [0.29, 0.717) is 25.6 Å². The first kappa shape index (κ1) is 29.4. The number of likely N-dealkylation sites (tertiary alicyclic amines) is 1.